The molecule has 0 bridgehead atoms. The van der Waals surface area contributed by atoms with Crippen molar-refractivity contribution in [2.45, 2.75) is 45.7 Å². The van der Waals surface area contributed by atoms with E-state index in [4.69, 9.17) is 5.11 Å². The lowest BCUT2D eigenvalue weighted by molar-refractivity contribution is -0.137. The second-order valence-electron chi connectivity index (χ2n) is 4.86. The molecule has 0 spiro atoms. The zero-order valence-corrected chi connectivity index (χ0v) is 11.9. The van der Waals surface area contributed by atoms with Gasteiger partial charge in [-0.2, -0.15) is 0 Å². The number of rotatable bonds is 7. The van der Waals surface area contributed by atoms with E-state index in [-0.39, 0.29) is 31.0 Å². The lowest BCUT2D eigenvalue weighted by atomic mass is 10.2. The Morgan fingerprint density at radius 2 is 1.74 bits per heavy atom. The monoisotopic (exact) mass is 273 g/mol. The van der Waals surface area contributed by atoms with Crippen LogP contribution in [0.4, 0.5) is 4.79 Å². The van der Waals surface area contributed by atoms with Crippen molar-refractivity contribution in [1.82, 2.24) is 15.5 Å². The van der Waals surface area contributed by atoms with Gasteiger partial charge in [0.2, 0.25) is 5.91 Å². The van der Waals surface area contributed by atoms with Crippen LogP contribution in [0.2, 0.25) is 0 Å². The summed E-state index contributed by atoms with van der Waals surface area (Å²) in [5.41, 5.74) is 0. The molecule has 1 unspecified atom stereocenters. The number of carboxylic acids is 1. The summed E-state index contributed by atoms with van der Waals surface area (Å²) in [4.78, 5) is 34.8. The summed E-state index contributed by atoms with van der Waals surface area (Å²) >= 11 is 0. The van der Waals surface area contributed by atoms with E-state index in [1.165, 1.54) is 11.9 Å². The Balaban J connectivity index is 4.05. The third-order valence-corrected chi connectivity index (χ3v) is 2.34. The minimum atomic E-state index is -0.897. The standard InChI is InChI=1S/C12H23N3O4/c1-8(2)13-10(16)7-15(4)12(19)14-9(3)5-6-11(17)18/h8-9H,5-7H2,1-4H3,(H,13,16)(H,14,19)(H,17,18). The van der Waals surface area contributed by atoms with Crippen LogP contribution in [-0.4, -0.2) is 53.6 Å². The number of urea groups is 1. The van der Waals surface area contributed by atoms with E-state index in [1.54, 1.807) is 6.92 Å². The van der Waals surface area contributed by atoms with Crippen LogP contribution < -0.4 is 10.6 Å². The first-order valence-electron chi connectivity index (χ1n) is 6.25. The van der Waals surface area contributed by atoms with Crippen molar-refractivity contribution in [2.24, 2.45) is 0 Å². The summed E-state index contributed by atoms with van der Waals surface area (Å²) in [6.45, 7) is 5.37. The molecule has 3 N–H and O–H groups in total. The zero-order chi connectivity index (χ0) is 15.0. The molecule has 7 nitrogen and oxygen atoms in total. The van der Waals surface area contributed by atoms with Gasteiger partial charge >= 0.3 is 12.0 Å². The smallest absolute Gasteiger partial charge is 0.317 e. The molecule has 3 amide bonds. The van der Waals surface area contributed by atoms with Gasteiger partial charge in [0.25, 0.3) is 0 Å². The van der Waals surface area contributed by atoms with Crippen LogP contribution in [0.1, 0.15) is 33.6 Å². The summed E-state index contributed by atoms with van der Waals surface area (Å²) in [5.74, 6) is -1.13. The van der Waals surface area contributed by atoms with Crippen LogP contribution in [0.3, 0.4) is 0 Å². The highest BCUT2D eigenvalue weighted by Gasteiger charge is 2.15. The maximum atomic E-state index is 11.7. The second kappa shape index (κ2) is 8.34. The number of hydrogen-bond acceptors (Lipinski definition) is 3. The number of carbonyl (C=O) groups is 3. The molecular weight excluding hydrogens is 250 g/mol. The van der Waals surface area contributed by atoms with E-state index in [2.05, 4.69) is 10.6 Å². The Labute approximate surface area is 113 Å². The van der Waals surface area contributed by atoms with Crippen molar-refractivity contribution in [3.05, 3.63) is 0 Å². The molecule has 0 aromatic heterocycles. The first-order chi connectivity index (χ1) is 8.72. The number of hydrogen-bond donors (Lipinski definition) is 3. The van der Waals surface area contributed by atoms with Crippen LogP contribution in [-0.2, 0) is 9.59 Å². The maximum Gasteiger partial charge on any atom is 0.317 e. The molecule has 0 saturated heterocycles. The van der Waals surface area contributed by atoms with Gasteiger partial charge in [0.05, 0.1) is 0 Å². The highest BCUT2D eigenvalue weighted by Crippen LogP contribution is 1.97. The Bertz CT molecular complexity index is 331. The van der Waals surface area contributed by atoms with Crippen molar-refractivity contribution in [3.8, 4) is 0 Å². The van der Waals surface area contributed by atoms with Crippen molar-refractivity contribution < 1.29 is 19.5 Å². The summed E-state index contributed by atoms with van der Waals surface area (Å²) in [7, 11) is 1.51. The first-order valence-corrected chi connectivity index (χ1v) is 6.25. The van der Waals surface area contributed by atoms with Crippen molar-refractivity contribution in [1.29, 1.82) is 0 Å². The molecule has 0 rings (SSSR count). The highest BCUT2D eigenvalue weighted by atomic mass is 16.4. The lowest BCUT2D eigenvalue weighted by Crippen LogP contribution is -2.47. The molecule has 110 valence electrons. The van der Waals surface area contributed by atoms with Gasteiger partial charge in [-0.15, -0.1) is 0 Å². The number of nitrogens with one attached hydrogen (secondary N) is 2. The predicted octanol–water partition coefficient (Wildman–Crippen LogP) is 0.406. The van der Waals surface area contributed by atoms with Crippen molar-refractivity contribution in [2.75, 3.05) is 13.6 Å². The summed E-state index contributed by atoms with van der Waals surface area (Å²) in [5, 5.41) is 13.9. The fourth-order valence-electron chi connectivity index (χ4n) is 1.39. The molecule has 0 radical (unpaired) electrons. The Kier molecular flexibility index (Phi) is 7.55. The number of carboxylic acid groups (broad SMARTS) is 1. The molecular formula is C12H23N3O4. The minimum Gasteiger partial charge on any atom is -0.481 e. The van der Waals surface area contributed by atoms with Crippen molar-refractivity contribution in [3.63, 3.8) is 0 Å². The molecule has 0 fully saturated rings. The first kappa shape index (κ1) is 17.2. The van der Waals surface area contributed by atoms with E-state index in [9.17, 15) is 14.4 Å². The van der Waals surface area contributed by atoms with E-state index < -0.39 is 12.0 Å². The van der Waals surface area contributed by atoms with E-state index in [0.717, 1.165) is 0 Å². The summed E-state index contributed by atoms with van der Waals surface area (Å²) in [6.07, 6.45) is 0.353. The Hall–Kier alpha value is -1.79. The number of carbonyl (C=O) groups excluding carboxylic acids is 2. The van der Waals surface area contributed by atoms with Crippen LogP contribution in [0.25, 0.3) is 0 Å². The third kappa shape index (κ3) is 8.87. The molecule has 0 aliphatic rings. The van der Waals surface area contributed by atoms with E-state index >= 15 is 0 Å². The number of likely N-dealkylation sites (N-methyl/N-ethyl adjacent to an activating group) is 1. The van der Waals surface area contributed by atoms with Crippen LogP contribution in [0.15, 0.2) is 0 Å². The average molecular weight is 273 g/mol. The molecule has 0 aromatic carbocycles. The van der Waals surface area contributed by atoms with Gasteiger partial charge in [-0.3, -0.25) is 9.59 Å². The largest absolute Gasteiger partial charge is 0.481 e. The van der Waals surface area contributed by atoms with E-state index in [1.807, 2.05) is 13.8 Å². The minimum absolute atomic E-state index is 0.000996. The fraction of sp³-hybridized carbons (Fsp3) is 0.750. The van der Waals surface area contributed by atoms with Gasteiger partial charge in [-0.25, -0.2) is 4.79 Å². The Morgan fingerprint density at radius 3 is 2.21 bits per heavy atom. The second-order valence-corrected chi connectivity index (χ2v) is 4.86. The SMILES string of the molecule is CC(C)NC(=O)CN(C)C(=O)NC(C)CCC(=O)O. The highest BCUT2D eigenvalue weighted by molar-refractivity contribution is 5.84. The molecule has 0 saturated carbocycles. The summed E-state index contributed by atoms with van der Waals surface area (Å²) < 4.78 is 0. The van der Waals surface area contributed by atoms with Gasteiger partial charge in [0.15, 0.2) is 0 Å². The van der Waals surface area contributed by atoms with E-state index in [0.29, 0.717) is 6.42 Å². The van der Waals surface area contributed by atoms with Gasteiger partial charge < -0.3 is 20.6 Å². The third-order valence-electron chi connectivity index (χ3n) is 2.34. The van der Waals surface area contributed by atoms with Gasteiger partial charge in [-0.1, -0.05) is 0 Å². The number of aliphatic carboxylic acids is 1. The van der Waals surface area contributed by atoms with Crippen LogP contribution in [0, 0.1) is 0 Å². The zero-order valence-electron chi connectivity index (χ0n) is 11.9. The average Bonchev–Trinajstić information content (AvgIpc) is 2.24. The topological polar surface area (TPSA) is 98.7 Å². The normalized spacial score (nSPS) is 11.8. The van der Waals surface area contributed by atoms with Gasteiger partial charge in [-0.05, 0) is 27.2 Å². The summed E-state index contributed by atoms with van der Waals surface area (Å²) in [6, 6.07) is -0.616. The molecule has 0 aromatic rings. The molecule has 7 heteroatoms. The quantitative estimate of drug-likeness (QED) is 0.625. The number of nitrogens with zero attached hydrogens (tertiary/aromatic N) is 1. The predicted molar refractivity (Wildman–Crippen MR) is 70.8 cm³/mol. The van der Waals surface area contributed by atoms with Crippen LogP contribution >= 0.6 is 0 Å². The molecule has 19 heavy (non-hydrogen) atoms. The van der Waals surface area contributed by atoms with Gasteiger partial charge in [0.1, 0.15) is 6.54 Å². The number of amides is 3. The molecule has 1 atom stereocenters. The lowest BCUT2D eigenvalue weighted by Gasteiger charge is -2.21. The molecule has 0 aliphatic heterocycles. The molecule has 0 aliphatic carbocycles. The van der Waals surface area contributed by atoms with Gasteiger partial charge in [0, 0.05) is 25.6 Å². The Morgan fingerprint density at radius 1 is 1.16 bits per heavy atom. The van der Waals surface area contributed by atoms with Crippen molar-refractivity contribution >= 4 is 17.9 Å². The maximum absolute atomic E-state index is 11.7. The molecule has 0 heterocycles. The fourth-order valence-corrected chi connectivity index (χ4v) is 1.39. The van der Waals surface area contributed by atoms with Crippen LogP contribution in [0.5, 0.6) is 0 Å².